The summed E-state index contributed by atoms with van der Waals surface area (Å²) in [5, 5.41) is 7.96. The molecular formula is C24H26ClN3O3. The minimum absolute atomic E-state index is 0.0882. The number of rotatable bonds is 7. The van der Waals surface area contributed by atoms with E-state index in [1.165, 1.54) is 0 Å². The van der Waals surface area contributed by atoms with Gasteiger partial charge in [-0.15, -0.1) is 0 Å². The van der Waals surface area contributed by atoms with Crippen LogP contribution in [0.1, 0.15) is 40.2 Å². The number of carbonyl (C=O) groups excluding carboxylic acids is 1. The summed E-state index contributed by atoms with van der Waals surface area (Å²) in [5.41, 5.74) is 4.16. The maximum absolute atomic E-state index is 13.0. The van der Waals surface area contributed by atoms with Crippen molar-refractivity contribution in [2.24, 2.45) is 0 Å². The molecule has 7 heteroatoms. The molecule has 4 rings (SSSR count). The van der Waals surface area contributed by atoms with Gasteiger partial charge in [-0.3, -0.25) is 9.48 Å². The second kappa shape index (κ2) is 9.54. The van der Waals surface area contributed by atoms with E-state index in [0.29, 0.717) is 35.2 Å². The fourth-order valence-corrected chi connectivity index (χ4v) is 3.87. The van der Waals surface area contributed by atoms with Gasteiger partial charge in [0.1, 0.15) is 12.4 Å². The Labute approximate surface area is 187 Å². The predicted molar refractivity (Wildman–Crippen MR) is 121 cm³/mol. The molecule has 0 saturated carbocycles. The lowest BCUT2D eigenvalue weighted by atomic mass is 10.1. The average molecular weight is 440 g/mol. The van der Waals surface area contributed by atoms with Gasteiger partial charge in [-0.25, -0.2) is 0 Å². The van der Waals surface area contributed by atoms with Gasteiger partial charge in [0.2, 0.25) is 0 Å². The first kappa shape index (κ1) is 21.4. The summed E-state index contributed by atoms with van der Waals surface area (Å²) in [7, 11) is 0. The third-order valence-corrected chi connectivity index (χ3v) is 5.50. The number of nitrogens with one attached hydrogen (secondary N) is 1. The van der Waals surface area contributed by atoms with E-state index in [2.05, 4.69) is 10.4 Å². The average Bonchev–Trinajstić information content (AvgIpc) is 3.37. The number of benzene rings is 2. The fourth-order valence-electron chi connectivity index (χ4n) is 3.70. The van der Waals surface area contributed by atoms with E-state index in [9.17, 15) is 4.79 Å². The normalized spacial score (nSPS) is 15.8. The second-order valence-electron chi connectivity index (χ2n) is 7.83. The van der Waals surface area contributed by atoms with Crippen LogP contribution in [0, 0.1) is 13.8 Å². The molecule has 1 saturated heterocycles. The molecule has 0 radical (unpaired) electrons. The van der Waals surface area contributed by atoms with Gasteiger partial charge < -0.3 is 14.8 Å². The standard InChI is InChI=1S/C24H26ClN3O3/c1-16-11-17(2)28(27-16)14-18-5-3-6-19(12-18)24(29)26-22-13-20(25)8-9-23(22)31-15-21-7-4-10-30-21/h3,5-6,8-9,11-13,21H,4,7,10,14-15H2,1-2H3,(H,26,29). The Balaban J connectivity index is 1.47. The van der Waals surface area contributed by atoms with Crippen LogP contribution in [0.4, 0.5) is 5.69 Å². The number of amides is 1. The van der Waals surface area contributed by atoms with E-state index in [1.54, 1.807) is 24.3 Å². The Morgan fingerprint density at radius 3 is 2.87 bits per heavy atom. The lowest BCUT2D eigenvalue weighted by molar-refractivity contribution is 0.0682. The van der Waals surface area contributed by atoms with Crippen molar-refractivity contribution in [2.75, 3.05) is 18.5 Å². The van der Waals surface area contributed by atoms with Crippen molar-refractivity contribution in [1.82, 2.24) is 9.78 Å². The van der Waals surface area contributed by atoms with Crippen LogP contribution >= 0.6 is 11.6 Å². The van der Waals surface area contributed by atoms with Gasteiger partial charge in [-0.1, -0.05) is 23.7 Å². The first-order valence-electron chi connectivity index (χ1n) is 10.4. The molecule has 6 nitrogen and oxygen atoms in total. The molecule has 1 atom stereocenters. The molecule has 1 fully saturated rings. The zero-order valence-corrected chi connectivity index (χ0v) is 18.5. The number of hydrogen-bond donors (Lipinski definition) is 1. The summed E-state index contributed by atoms with van der Waals surface area (Å²) in [6, 6.07) is 14.8. The molecule has 3 aromatic rings. The molecule has 1 aliphatic heterocycles. The second-order valence-corrected chi connectivity index (χ2v) is 8.26. The summed E-state index contributed by atoms with van der Waals surface area (Å²) in [5.74, 6) is 0.353. The largest absolute Gasteiger partial charge is 0.489 e. The minimum atomic E-state index is -0.223. The Hall–Kier alpha value is -2.83. The predicted octanol–water partition coefficient (Wildman–Crippen LogP) is 5.01. The van der Waals surface area contributed by atoms with Crippen molar-refractivity contribution >= 4 is 23.2 Å². The highest BCUT2D eigenvalue weighted by atomic mass is 35.5. The third-order valence-electron chi connectivity index (χ3n) is 5.26. The van der Waals surface area contributed by atoms with Gasteiger partial charge in [0.25, 0.3) is 5.91 Å². The molecule has 1 aliphatic rings. The quantitative estimate of drug-likeness (QED) is 0.561. The Bertz CT molecular complexity index is 1070. The van der Waals surface area contributed by atoms with E-state index in [0.717, 1.165) is 36.4 Å². The number of hydrogen-bond acceptors (Lipinski definition) is 4. The Kier molecular flexibility index (Phi) is 6.59. The zero-order valence-electron chi connectivity index (χ0n) is 17.7. The van der Waals surface area contributed by atoms with E-state index in [4.69, 9.17) is 21.1 Å². The first-order valence-corrected chi connectivity index (χ1v) is 10.8. The van der Waals surface area contributed by atoms with Crippen molar-refractivity contribution < 1.29 is 14.3 Å². The number of aryl methyl sites for hydroxylation is 2. The van der Waals surface area contributed by atoms with Crippen LogP contribution < -0.4 is 10.1 Å². The molecule has 0 bridgehead atoms. The molecule has 31 heavy (non-hydrogen) atoms. The molecule has 0 spiro atoms. The summed E-state index contributed by atoms with van der Waals surface area (Å²) in [6.07, 6.45) is 2.12. The topological polar surface area (TPSA) is 65.4 Å². The molecule has 2 aromatic carbocycles. The van der Waals surface area contributed by atoms with Crippen LogP contribution in [0.5, 0.6) is 5.75 Å². The molecule has 1 aromatic heterocycles. The van der Waals surface area contributed by atoms with Gasteiger partial charge in [0, 0.05) is 22.9 Å². The lowest BCUT2D eigenvalue weighted by Gasteiger charge is -2.16. The molecule has 1 amide bonds. The van der Waals surface area contributed by atoms with E-state index in [-0.39, 0.29) is 12.0 Å². The molecule has 0 aliphatic carbocycles. The molecule has 162 valence electrons. The van der Waals surface area contributed by atoms with Crippen molar-refractivity contribution in [2.45, 2.75) is 39.3 Å². The number of ether oxygens (including phenoxy) is 2. The van der Waals surface area contributed by atoms with E-state index >= 15 is 0 Å². The van der Waals surface area contributed by atoms with Crippen molar-refractivity contribution in [1.29, 1.82) is 0 Å². The Morgan fingerprint density at radius 1 is 1.26 bits per heavy atom. The molecule has 1 unspecified atom stereocenters. The lowest BCUT2D eigenvalue weighted by Crippen LogP contribution is -2.18. The number of anilines is 1. The van der Waals surface area contributed by atoms with Crippen molar-refractivity contribution in [3.63, 3.8) is 0 Å². The fraction of sp³-hybridized carbons (Fsp3) is 0.333. The third kappa shape index (κ3) is 5.46. The maximum Gasteiger partial charge on any atom is 0.255 e. The summed E-state index contributed by atoms with van der Waals surface area (Å²) in [4.78, 5) is 13.0. The first-order chi connectivity index (χ1) is 15.0. The maximum atomic E-state index is 13.0. The number of halogens is 1. The van der Waals surface area contributed by atoms with Crippen LogP contribution in [0.3, 0.4) is 0 Å². The van der Waals surface area contributed by atoms with Crippen molar-refractivity contribution in [3.8, 4) is 5.75 Å². The molecule has 1 N–H and O–H groups in total. The van der Waals surface area contributed by atoms with Crippen LogP contribution in [0.25, 0.3) is 0 Å². The smallest absolute Gasteiger partial charge is 0.255 e. The van der Waals surface area contributed by atoms with Crippen molar-refractivity contribution in [3.05, 3.63) is 76.1 Å². The van der Waals surface area contributed by atoms with E-state index in [1.807, 2.05) is 42.8 Å². The number of nitrogens with zero attached hydrogens (tertiary/aromatic N) is 2. The van der Waals surface area contributed by atoms with Gasteiger partial charge >= 0.3 is 0 Å². The highest BCUT2D eigenvalue weighted by Crippen LogP contribution is 2.29. The zero-order chi connectivity index (χ0) is 21.8. The summed E-state index contributed by atoms with van der Waals surface area (Å²) < 4.78 is 13.5. The van der Waals surface area contributed by atoms with E-state index < -0.39 is 0 Å². The summed E-state index contributed by atoms with van der Waals surface area (Å²) >= 11 is 6.16. The summed E-state index contributed by atoms with van der Waals surface area (Å²) in [6.45, 7) is 5.81. The molecular weight excluding hydrogens is 414 g/mol. The van der Waals surface area contributed by atoms with Crippen LogP contribution in [0.2, 0.25) is 5.02 Å². The number of carbonyl (C=O) groups is 1. The molecule has 2 heterocycles. The van der Waals surface area contributed by atoms with Crippen LogP contribution in [-0.4, -0.2) is 35.0 Å². The van der Waals surface area contributed by atoms with Gasteiger partial charge in [-0.2, -0.15) is 5.10 Å². The number of aromatic nitrogens is 2. The van der Waals surface area contributed by atoms with Gasteiger partial charge in [0.05, 0.1) is 24.0 Å². The van der Waals surface area contributed by atoms with Gasteiger partial charge in [0.15, 0.2) is 0 Å². The van der Waals surface area contributed by atoms with Crippen LogP contribution in [0.15, 0.2) is 48.5 Å². The van der Waals surface area contributed by atoms with Gasteiger partial charge in [-0.05, 0) is 68.7 Å². The minimum Gasteiger partial charge on any atom is -0.489 e. The highest BCUT2D eigenvalue weighted by molar-refractivity contribution is 6.31. The SMILES string of the molecule is Cc1cc(C)n(Cc2cccc(C(=O)Nc3cc(Cl)ccc3OCC3CCCO3)c2)n1. The monoisotopic (exact) mass is 439 g/mol. The van der Waals surface area contributed by atoms with Crippen LogP contribution in [-0.2, 0) is 11.3 Å². The highest BCUT2D eigenvalue weighted by Gasteiger charge is 2.18. The Morgan fingerprint density at radius 2 is 2.13 bits per heavy atom.